The summed E-state index contributed by atoms with van der Waals surface area (Å²) in [7, 11) is 1.87. The number of rotatable bonds is 6. The summed E-state index contributed by atoms with van der Waals surface area (Å²) in [5.41, 5.74) is 2.39. The third kappa shape index (κ3) is 4.98. The van der Waals surface area contributed by atoms with Crippen LogP contribution in [0, 0.1) is 0 Å². The summed E-state index contributed by atoms with van der Waals surface area (Å²) in [6.45, 7) is 5.42. The van der Waals surface area contributed by atoms with Crippen molar-refractivity contribution in [3.05, 3.63) is 29.8 Å². The molecule has 1 saturated heterocycles. The number of thiocarbonyl (C=S) groups is 1. The summed E-state index contributed by atoms with van der Waals surface area (Å²) in [5, 5.41) is 9.97. The summed E-state index contributed by atoms with van der Waals surface area (Å²) < 4.78 is 0. The predicted molar refractivity (Wildman–Crippen MR) is 98.8 cm³/mol. The van der Waals surface area contributed by atoms with Crippen LogP contribution in [0.3, 0.4) is 0 Å². The van der Waals surface area contributed by atoms with Crippen LogP contribution in [-0.4, -0.2) is 43.0 Å². The van der Waals surface area contributed by atoms with Crippen LogP contribution in [0.2, 0.25) is 0 Å². The highest BCUT2D eigenvalue weighted by Crippen LogP contribution is 2.19. The van der Waals surface area contributed by atoms with Gasteiger partial charge in [0.15, 0.2) is 5.11 Å². The zero-order valence-corrected chi connectivity index (χ0v) is 14.4. The van der Waals surface area contributed by atoms with E-state index < -0.39 is 0 Å². The van der Waals surface area contributed by atoms with Gasteiger partial charge in [0, 0.05) is 32.4 Å². The zero-order valence-electron chi connectivity index (χ0n) is 13.6. The van der Waals surface area contributed by atoms with Crippen molar-refractivity contribution < 1.29 is 0 Å². The van der Waals surface area contributed by atoms with E-state index in [0.717, 1.165) is 24.9 Å². The first-order valence-corrected chi connectivity index (χ1v) is 8.52. The van der Waals surface area contributed by atoms with E-state index in [2.05, 4.69) is 46.5 Å². The molecule has 0 radical (unpaired) electrons. The lowest BCUT2D eigenvalue weighted by molar-refractivity contribution is 0.530. The van der Waals surface area contributed by atoms with Crippen LogP contribution in [-0.2, 0) is 0 Å². The Kier molecular flexibility index (Phi) is 6.65. The maximum Gasteiger partial charge on any atom is 0.189 e. The summed E-state index contributed by atoms with van der Waals surface area (Å²) in [5.74, 6) is 0. The van der Waals surface area contributed by atoms with Crippen LogP contribution in [0.5, 0.6) is 0 Å². The summed E-state index contributed by atoms with van der Waals surface area (Å²) in [6.07, 6.45) is 6.73. The molecule has 1 N–H and O–H groups in total. The molecule has 0 aromatic heterocycles. The number of hydrogen-bond acceptors (Lipinski definition) is 3. The molecule has 0 amide bonds. The Morgan fingerprint density at radius 2 is 2.00 bits per heavy atom. The third-order valence-electron chi connectivity index (χ3n) is 3.84. The lowest BCUT2D eigenvalue weighted by Gasteiger charge is -2.17. The van der Waals surface area contributed by atoms with Crippen LogP contribution < -0.4 is 10.2 Å². The van der Waals surface area contributed by atoms with Gasteiger partial charge in [0.05, 0.1) is 6.21 Å². The van der Waals surface area contributed by atoms with Gasteiger partial charge >= 0.3 is 0 Å². The van der Waals surface area contributed by atoms with E-state index in [0.29, 0.717) is 5.11 Å². The topological polar surface area (TPSA) is 30.9 Å². The number of unbranched alkanes of at least 4 members (excludes halogenated alkanes) is 1. The van der Waals surface area contributed by atoms with Gasteiger partial charge in [-0.2, -0.15) is 5.10 Å². The summed E-state index contributed by atoms with van der Waals surface area (Å²) in [4.78, 5) is 2.43. The molecule has 120 valence electrons. The van der Waals surface area contributed by atoms with E-state index in [-0.39, 0.29) is 0 Å². The van der Waals surface area contributed by atoms with E-state index in [1.54, 1.807) is 5.01 Å². The largest absolute Gasteiger partial charge is 0.372 e. The Balaban J connectivity index is 1.85. The average molecular weight is 318 g/mol. The van der Waals surface area contributed by atoms with Gasteiger partial charge in [-0.25, -0.2) is 5.01 Å². The molecule has 0 bridgehead atoms. The van der Waals surface area contributed by atoms with E-state index >= 15 is 0 Å². The van der Waals surface area contributed by atoms with Gasteiger partial charge < -0.3 is 10.2 Å². The van der Waals surface area contributed by atoms with Crippen LogP contribution in [0.25, 0.3) is 0 Å². The fraction of sp³-hybridized carbons (Fsp3) is 0.529. The van der Waals surface area contributed by atoms with Gasteiger partial charge in [-0.05, 0) is 49.2 Å². The normalized spacial score (nSPS) is 14.5. The fourth-order valence-electron chi connectivity index (χ4n) is 2.44. The molecule has 0 saturated carbocycles. The van der Waals surface area contributed by atoms with Gasteiger partial charge in [0.1, 0.15) is 0 Å². The quantitative estimate of drug-likeness (QED) is 0.378. The standard InChI is InChI=1S/C17H26N4S/c1-3-4-11-18-17(22)20(2)19-14-15-7-9-16(10-8-15)21-12-5-6-13-21/h7-10,14H,3-6,11-13H2,1-2H3,(H,18,22). The molecule has 1 aromatic rings. The second-order valence-corrected chi connectivity index (χ2v) is 6.03. The Morgan fingerprint density at radius 1 is 1.32 bits per heavy atom. The molecule has 5 heteroatoms. The molecule has 0 atom stereocenters. The SMILES string of the molecule is CCCCNC(=S)N(C)N=Cc1ccc(N2CCCC2)cc1. The Hall–Kier alpha value is -1.62. The van der Waals surface area contributed by atoms with Crippen LogP contribution >= 0.6 is 12.2 Å². The highest BCUT2D eigenvalue weighted by Gasteiger charge is 2.11. The smallest absolute Gasteiger partial charge is 0.189 e. The zero-order chi connectivity index (χ0) is 15.8. The molecule has 1 aliphatic heterocycles. The van der Waals surface area contributed by atoms with Gasteiger partial charge in [-0.15, -0.1) is 0 Å². The molecule has 0 spiro atoms. The molecule has 0 aliphatic carbocycles. The Morgan fingerprint density at radius 3 is 2.64 bits per heavy atom. The highest BCUT2D eigenvalue weighted by molar-refractivity contribution is 7.80. The predicted octanol–water partition coefficient (Wildman–Crippen LogP) is 3.23. The van der Waals surface area contributed by atoms with Crippen molar-refractivity contribution in [2.75, 3.05) is 31.6 Å². The molecule has 1 aliphatic rings. The first kappa shape index (κ1) is 16.7. The Bertz CT molecular complexity index is 492. The number of anilines is 1. The lowest BCUT2D eigenvalue weighted by Crippen LogP contribution is -2.34. The maximum atomic E-state index is 5.29. The fourth-order valence-corrected chi connectivity index (χ4v) is 2.59. The summed E-state index contributed by atoms with van der Waals surface area (Å²) in [6, 6.07) is 8.56. The van der Waals surface area contributed by atoms with Crippen molar-refractivity contribution in [3.63, 3.8) is 0 Å². The van der Waals surface area contributed by atoms with Crippen molar-refractivity contribution in [2.45, 2.75) is 32.6 Å². The van der Waals surface area contributed by atoms with Gasteiger partial charge in [0.2, 0.25) is 0 Å². The highest BCUT2D eigenvalue weighted by atomic mass is 32.1. The molecule has 0 unspecified atom stereocenters. The monoisotopic (exact) mass is 318 g/mol. The van der Waals surface area contributed by atoms with E-state index in [1.165, 1.54) is 31.6 Å². The molecule has 1 fully saturated rings. The maximum absolute atomic E-state index is 5.29. The van der Waals surface area contributed by atoms with Crippen molar-refractivity contribution >= 4 is 29.2 Å². The number of benzene rings is 1. The minimum atomic E-state index is 0.665. The second-order valence-electron chi connectivity index (χ2n) is 5.64. The van der Waals surface area contributed by atoms with E-state index in [4.69, 9.17) is 12.2 Å². The van der Waals surface area contributed by atoms with Crippen LogP contribution in [0.1, 0.15) is 38.2 Å². The van der Waals surface area contributed by atoms with Gasteiger partial charge in [0.25, 0.3) is 0 Å². The first-order valence-electron chi connectivity index (χ1n) is 8.11. The molecular weight excluding hydrogens is 292 g/mol. The molecule has 1 heterocycles. The van der Waals surface area contributed by atoms with E-state index in [1.807, 2.05) is 13.3 Å². The van der Waals surface area contributed by atoms with Crippen molar-refractivity contribution in [1.82, 2.24) is 10.3 Å². The number of hydrazone groups is 1. The van der Waals surface area contributed by atoms with Gasteiger partial charge in [-0.1, -0.05) is 25.5 Å². The number of nitrogens with zero attached hydrogens (tertiary/aromatic N) is 3. The molecule has 4 nitrogen and oxygen atoms in total. The average Bonchev–Trinajstić information content (AvgIpc) is 3.07. The second kappa shape index (κ2) is 8.73. The van der Waals surface area contributed by atoms with Crippen LogP contribution in [0.4, 0.5) is 5.69 Å². The van der Waals surface area contributed by atoms with Crippen molar-refractivity contribution in [3.8, 4) is 0 Å². The third-order valence-corrected chi connectivity index (χ3v) is 4.25. The minimum Gasteiger partial charge on any atom is -0.372 e. The van der Waals surface area contributed by atoms with Crippen LogP contribution in [0.15, 0.2) is 29.4 Å². The molecular formula is C17H26N4S. The molecule has 2 rings (SSSR count). The Labute approximate surface area is 139 Å². The van der Waals surface area contributed by atoms with Crippen molar-refractivity contribution in [2.24, 2.45) is 5.10 Å². The summed E-state index contributed by atoms with van der Waals surface area (Å²) >= 11 is 5.29. The molecule has 1 aromatic carbocycles. The van der Waals surface area contributed by atoms with E-state index in [9.17, 15) is 0 Å². The minimum absolute atomic E-state index is 0.665. The number of hydrogen-bond donors (Lipinski definition) is 1. The number of nitrogens with one attached hydrogen (secondary N) is 1. The molecule has 22 heavy (non-hydrogen) atoms. The first-order chi connectivity index (χ1) is 10.7. The lowest BCUT2D eigenvalue weighted by atomic mass is 10.2. The van der Waals surface area contributed by atoms with Gasteiger partial charge in [-0.3, -0.25) is 0 Å². The van der Waals surface area contributed by atoms with Crippen molar-refractivity contribution in [1.29, 1.82) is 0 Å².